The van der Waals surface area contributed by atoms with E-state index in [-0.39, 0.29) is 12.5 Å². The molecule has 3 rings (SSSR count). The predicted octanol–water partition coefficient (Wildman–Crippen LogP) is 3.21. The molecule has 0 aliphatic carbocycles. The lowest BCUT2D eigenvalue weighted by molar-refractivity contribution is -0.118. The minimum absolute atomic E-state index is 0.0993. The fourth-order valence-electron chi connectivity index (χ4n) is 2.43. The molecule has 0 aliphatic rings. The number of carbonyl (C=O) groups excluding carboxylic acids is 1. The summed E-state index contributed by atoms with van der Waals surface area (Å²) in [7, 11) is 0. The molecule has 0 saturated heterocycles. The SMILES string of the molecule is Cc1cc(C)nc(-n2nc(C)cc2NC(=O)COc2ccccc2I)n1. The van der Waals surface area contributed by atoms with Gasteiger partial charge in [0, 0.05) is 17.5 Å². The Hall–Kier alpha value is -2.49. The Morgan fingerprint density at radius 1 is 1.12 bits per heavy atom. The Labute approximate surface area is 165 Å². The van der Waals surface area contributed by atoms with Crippen LogP contribution in [0.5, 0.6) is 5.75 Å². The van der Waals surface area contributed by atoms with E-state index in [2.05, 4.69) is 43.0 Å². The first kappa shape index (κ1) is 18.3. The molecule has 7 nitrogen and oxygen atoms in total. The van der Waals surface area contributed by atoms with E-state index in [9.17, 15) is 4.79 Å². The van der Waals surface area contributed by atoms with Crippen LogP contribution in [-0.4, -0.2) is 32.3 Å². The standard InChI is InChI=1S/C18H18IN5O2/c1-11-8-12(2)21-18(20-11)24-16(9-13(3)23-24)22-17(25)10-26-15-7-5-4-6-14(15)19/h4-9H,10H2,1-3H3,(H,22,25). The van der Waals surface area contributed by atoms with Gasteiger partial charge in [-0.2, -0.15) is 9.78 Å². The van der Waals surface area contributed by atoms with Gasteiger partial charge in [-0.15, -0.1) is 0 Å². The van der Waals surface area contributed by atoms with Crippen molar-refractivity contribution in [3.05, 3.63) is 57.1 Å². The number of anilines is 1. The molecule has 1 N–H and O–H groups in total. The number of nitrogens with zero attached hydrogens (tertiary/aromatic N) is 4. The van der Waals surface area contributed by atoms with Crippen molar-refractivity contribution in [3.8, 4) is 11.7 Å². The highest BCUT2D eigenvalue weighted by molar-refractivity contribution is 14.1. The van der Waals surface area contributed by atoms with Crippen molar-refractivity contribution in [1.82, 2.24) is 19.7 Å². The number of aromatic nitrogens is 4. The summed E-state index contributed by atoms with van der Waals surface area (Å²) in [4.78, 5) is 21.1. The number of hydrogen-bond acceptors (Lipinski definition) is 5. The zero-order chi connectivity index (χ0) is 18.7. The Kier molecular flexibility index (Phi) is 5.50. The van der Waals surface area contributed by atoms with Crippen LogP contribution < -0.4 is 10.1 Å². The van der Waals surface area contributed by atoms with Gasteiger partial charge < -0.3 is 10.1 Å². The van der Waals surface area contributed by atoms with Gasteiger partial charge in [0.05, 0.1) is 9.26 Å². The monoisotopic (exact) mass is 463 g/mol. The molecule has 0 atom stereocenters. The number of aryl methyl sites for hydroxylation is 3. The van der Waals surface area contributed by atoms with Crippen LogP contribution in [0.25, 0.3) is 5.95 Å². The molecule has 3 aromatic rings. The van der Waals surface area contributed by atoms with Crippen molar-refractivity contribution in [2.24, 2.45) is 0 Å². The Morgan fingerprint density at radius 2 is 1.81 bits per heavy atom. The lowest BCUT2D eigenvalue weighted by Crippen LogP contribution is -2.22. The number of halogens is 1. The van der Waals surface area contributed by atoms with Gasteiger partial charge in [-0.1, -0.05) is 12.1 Å². The molecule has 0 fully saturated rings. The van der Waals surface area contributed by atoms with Gasteiger partial charge in [0.25, 0.3) is 11.9 Å². The normalized spacial score (nSPS) is 10.6. The van der Waals surface area contributed by atoms with Gasteiger partial charge in [0.15, 0.2) is 6.61 Å². The average Bonchev–Trinajstić information content (AvgIpc) is 2.93. The van der Waals surface area contributed by atoms with E-state index in [0.29, 0.717) is 17.5 Å². The van der Waals surface area contributed by atoms with Crippen LogP contribution in [0.1, 0.15) is 17.1 Å². The molecule has 134 valence electrons. The van der Waals surface area contributed by atoms with Crippen LogP contribution in [0.3, 0.4) is 0 Å². The zero-order valence-electron chi connectivity index (χ0n) is 14.7. The Morgan fingerprint density at radius 3 is 2.50 bits per heavy atom. The number of nitrogens with one attached hydrogen (secondary N) is 1. The number of para-hydroxylation sites is 1. The quantitative estimate of drug-likeness (QED) is 0.588. The molecular formula is C18H18IN5O2. The lowest BCUT2D eigenvalue weighted by Gasteiger charge is -2.10. The highest BCUT2D eigenvalue weighted by Crippen LogP contribution is 2.20. The minimum atomic E-state index is -0.282. The molecular weight excluding hydrogens is 445 g/mol. The van der Waals surface area contributed by atoms with Crippen LogP contribution in [0, 0.1) is 24.3 Å². The van der Waals surface area contributed by atoms with E-state index in [1.54, 1.807) is 6.07 Å². The number of ether oxygens (including phenoxy) is 1. The average molecular weight is 463 g/mol. The van der Waals surface area contributed by atoms with E-state index in [0.717, 1.165) is 20.7 Å². The molecule has 1 amide bonds. The first-order chi connectivity index (χ1) is 12.4. The van der Waals surface area contributed by atoms with Gasteiger partial charge >= 0.3 is 0 Å². The first-order valence-corrected chi connectivity index (χ1v) is 9.07. The largest absolute Gasteiger partial charge is 0.483 e. The minimum Gasteiger partial charge on any atom is -0.483 e. The van der Waals surface area contributed by atoms with Crippen LogP contribution in [0.4, 0.5) is 5.82 Å². The summed E-state index contributed by atoms with van der Waals surface area (Å²) in [6, 6.07) is 11.2. The summed E-state index contributed by atoms with van der Waals surface area (Å²) in [6.07, 6.45) is 0. The van der Waals surface area contributed by atoms with Crippen molar-refractivity contribution in [2.45, 2.75) is 20.8 Å². The van der Waals surface area contributed by atoms with Gasteiger partial charge in [0.2, 0.25) is 0 Å². The van der Waals surface area contributed by atoms with E-state index in [4.69, 9.17) is 4.74 Å². The summed E-state index contributed by atoms with van der Waals surface area (Å²) in [5.74, 6) is 1.31. The second-order valence-corrected chi connectivity index (χ2v) is 6.96. The topological polar surface area (TPSA) is 81.9 Å². The van der Waals surface area contributed by atoms with Crippen LogP contribution in [-0.2, 0) is 4.79 Å². The second kappa shape index (κ2) is 7.81. The summed E-state index contributed by atoms with van der Waals surface area (Å²) >= 11 is 2.17. The zero-order valence-corrected chi connectivity index (χ0v) is 16.8. The van der Waals surface area contributed by atoms with Crippen molar-refractivity contribution in [1.29, 1.82) is 0 Å². The first-order valence-electron chi connectivity index (χ1n) is 7.99. The molecule has 0 bridgehead atoms. The maximum Gasteiger partial charge on any atom is 0.263 e. The number of carbonyl (C=O) groups is 1. The summed E-state index contributed by atoms with van der Waals surface area (Å²) in [5, 5.41) is 7.20. The molecule has 2 aromatic heterocycles. The molecule has 0 unspecified atom stereocenters. The van der Waals surface area contributed by atoms with Crippen molar-refractivity contribution >= 4 is 34.3 Å². The van der Waals surface area contributed by atoms with E-state index >= 15 is 0 Å². The van der Waals surface area contributed by atoms with Gasteiger partial charge in [-0.25, -0.2) is 9.97 Å². The maximum absolute atomic E-state index is 12.3. The Bertz CT molecular complexity index is 934. The number of amides is 1. The second-order valence-electron chi connectivity index (χ2n) is 5.80. The lowest BCUT2D eigenvalue weighted by atomic mass is 10.3. The van der Waals surface area contributed by atoms with Crippen molar-refractivity contribution in [2.75, 3.05) is 11.9 Å². The molecule has 2 heterocycles. The molecule has 8 heteroatoms. The molecule has 1 aromatic carbocycles. The molecule has 0 spiro atoms. The number of hydrogen-bond donors (Lipinski definition) is 1. The fraction of sp³-hybridized carbons (Fsp3) is 0.222. The maximum atomic E-state index is 12.3. The fourth-order valence-corrected chi connectivity index (χ4v) is 2.97. The van der Waals surface area contributed by atoms with E-state index < -0.39 is 0 Å². The molecule has 0 aliphatic heterocycles. The van der Waals surface area contributed by atoms with E-state index in [1.807, 2.05) is 51.1 Å². The highest BCUT2D eigenvalue weighted by Gasteiger charge is 2.14. The van der Waals surface area contributed by atoms with Crippen LogP contribution in [0.2, 0.25) is 0 Å². The number of rotatable bonds is 5. The van der Waals surface area contributed by atoms with E-state index in [1.165, 1.54) is 4.68 Å². The van der Waals surface area contributed by atoms with Crippen molar-refractivity contribution in [3.63, 3.8) is 0 Å². The molecule has 0 radical (unpaired) electrons. The van der Waals surface area contributed by atoms with Gasteiger partial charge in [-0.3, -0.25) is 4.79 Å². The van der Waals surface area contributed by atoms with Crippen LogP contribution >= 0.6 is 22.6 Å². The van der Waals surface area contributed by atoms with Gasteiger partial charge in [-0.05, 0) is 61.6 Å². The third kappa shape index (κ3) is 4.37. The molecule has 26 heavy (non-hydrogen) atoms. The smallest absolute Gasteiger partial charge is 0.263 e. The third-order valence-electron chi connectivity index (χ3n) is 3.45. The third-order valence-corrected chi connectivity index (χ3v) is 4.35. The summed E-state index contributed by atoms with van der Waals surface area (Å²) in [5.41, 5.74) is 2.42. The van der Waals surface area contributed by atoms with Crippen LogP contribution in [0.15, 0.2) is 36.4 Å². The highest BCUT2D eigenvalue weighted by atomic mass is 127. The molecule has 0 saturated carbocycles. The Balaban J connectivity index is 1.76. The summed E-state index contributed by atoms with van der Waals surface area (Å²) < 4.78 is 8.05. The number of benzene rings is 1. The summed E-state index contributed by atoms with van der Waals surface area (Å²) in [6.45, 7) is 5.53. The predicted molar refractivity (Wildman–Crippen MR) is 107 cm³/mol. The van der Waals surface area contributed by atoms with Gasteiger partial charge in [0.1, 0.15) is 11.6 Å². The van der Waals surface area contributed by atoms with Crippen molar-refractivity contribution < 1.29 is 9.53 Å².